The number of thiazole rings is 1. The van der Waals surface area contributed by atoms with Gasteiger partial charge in [-0.1, -0.05) is 12.1 Å². The maximum atomic E-state index is 14.8. The monoisotopic (exact) mass is 464 g/mol. The van der Waals surface area contributed by atoms with E-state index in [0.717, 1.165) is 11.3 Å². The molecule has 0 aliphatic rings. The number of anilines is 1. The van der Waals surface area contributed by atoms with Gasteiger partial charge < -0.3 is 19.5 Å². The van der Waals surface area contributed by atoms with Gasteiger partial charge in [0, 0.05) is 22.7 Å². The molecule has 6 nitrogen and oxygen atoms in total. The summed E-state index contributed by atoms with van der Waals surface area (Å²) in [4.78, 5) is 16.8. The molecule has 1 heterocycles. The molecule has 4 aromatic rings. The Hall–Kier alpha value is -3.91. The van der Waals surface area contributed by atoms with Crippen molar-refractivity contribution in [3.05, 3.63) is 89.2 Å². The first-order valence-electron chi connectivity index (χ1n) is 10.0. The van der Waals surface area contributed by atoms with Crippen LogP contribution in [-0.4, -0.2) is 25.1 Å². The van der Waals surface area contributed by atoms with Crippen molar-refractivity contribution in [3.63, 3.8) is 0 Å². The van der Waals surface area contributed by atoms with Gasteiger partial charge in [-0.05, 0) is 54.1 Å². The molecule has 1 aromatic heterocycles. The zero-order valence-electron chi connectivity index (χ0n) is 18.0. The van der Waals surface area contributed by atoms with Crippen LogP contribution < -0.4 is 19.5 Å². The molecule has 1 N–H and O–H groups in total. The Kier molecular flexibility index (Phi) is 6.85. The quantitative estimate of drug-likeness (QED) is 0.357. The van der Waals surface area contributed by atoms with Crippen molar-refractivity contribution >= 4 is 22.9 Å². The molecule has 0 saturated carbocycles. The number of rotatable bonds is 8. The number of aromatic nitrogens is 1. The highest BCUT2D eigenvalue weighted by Gasteiger charge is 2.15. The van der Waals surface area contributed by atoms with E-state index < -0.39 is 5.82 Å². The lowest BCUT2D eigenvalue weighted by Gasteiger charge is -2.09. The Bertz CT molecular complexity index is 1260. The largest absolute Gasteiger partial charge is 0.497 e. The first-order valence-corrected chi connectivity index (χ1v) is 10.9. The Labute approximate surface area is 194 Å². The highest BCUT2D eigenvalue weighted by Crippen LogP contribution is 2.30. The average Bonchev–Trinajstić information content (AvgIpc) is 3.33. The van der Waals surface area contributed by atoms with Gasteiger partial charge in [0.25, 0.3) is 5.91 Å². The summed E-state index contributed by atoms with van der Waals surface area (Å²) in [5, 5.41) is 4.77. The number of methoxy groups -OCH3 is 2. The number of nitrogens with zero attached hydrogens (tertiary/aromatic N) is 1. The van der Waals surface area contributed by atoms with Crippen molar-refractivity contribution in [1.29, 1.82) is 0 Å². The van der Waals surface area contributed by atoms with Gasteiger partial charge in [0.2, 0.25) is 0 Å². The van der Waals surface area contributed by atoms with Gasteiger partial charge in [0.15, 0.2) is 0 Å². The van der Waals surface area contributed by atoms with Crippen LogP contribution in [0.5, 0.6) is 17.2 Å². The number of ether oxygens (including phenoxy) is 3. The Balaban J connectivity index is 1.42. The van der Waals surface area contributed by atoms with Gasteiger partial charge in [0.1, 0.15) is 40.4 Å². The third-order valence-corrected chi connectivity index (χ3v) is 5.67. The maximum Gasteiger partial charge on any atom is 0.275 e. The first kappa shape index (κ1) is 22.3. The Morgan fingerprint density at radius 1 is 0.970 bits per heavy atom. The van der Waals surface area contributed by atoms with Crippen LogP contribution in [0.3, 0.4) is 0 Å². The van der Waals surface area contributed by atoms with E-state index >= 15 is 0 Å². The van der Waals surface area contributed by atoms with E-state index in [4.69, 9.17) is 14.2 Å². The zero-order chi connectivity index (χ0) is 23.2. The molecule has 0 fully saturated rings. The summed E-state index contributed by atoms with van der Waals surface area (Å²) in [6, 6.07) is 19.0. The molecule has 0 saturated heterocycles. The van der Waals surface area contributed by atoms with Crippen molar-refractivity contribution < 1.29 is 23.4 Å². The molecule has 0 aliphatic carbocycles. The molecule has 0 unspecified atom stereocenters. The second-order valence-electron chi connectivity index (χ2n) is 7.00. The summed E-state index contributed by atoms with van der Waals surface area (Å²) in [5.74, 6) is 0.965. The summed E-state index contributed by atoms with van der Waals surface area (Å²) in [6.07, 6.45) is 0. The lowest BCUT2D eigenvalue weighted by molar-refractivity contribution is 0.102. The minimum Gasteiger partial charge on any atom is -0.497 e. The van der Waals surface area contributed by atoms with Crippen LogP contribution in [-0.2, 0) is 6.61 Å². The van der Waals surface area contributed by atoms with E-state index in [1.54, 1.807) is 56.0 Å². The minimum atomic E-state index is -0.477. The summed E-state index contributed by atoms with van der Waals surface area (Å²) in [6.45, 7) is 0.281. The number of halogens is 1. The predicted molar refractivity (Wildman–Crippen MR) is 126 cm³/mol. The lowest BCUT2D eigenvalue weighted by atomic mass is 10.2. The number of nitrogens with one attached hydrogen (secondary N) is 1. The number of carbonyl (C=O) groups excluding carboxylic acids is 1. The molecule has 1 amide bonds. The Morgan fingerprint density at radius 2 is 1.73 bits per heavy atom. The highest BCUT2D eigenvalue weighted by atomic mass is 32.1. The molecule has 0 bridgehead atoms. The molecule has 4 rings (SSSR count). The van der Waals surface area contributed by atoms with Gasteiger partial charge in [0.05, 0.1) is 14.2 Å². The molecule has 0 spiro atoms. The summed E-state index contributed by atoms with van der Waals surface area (Å²) in [7, 11) is 3.17. The molecular weight excluding hydrogens is 443 g/mol. The number of carbonyl (C=O) groups is 1. The van der Waals surface area contributed by atoms with Crippen LogP contribution in [0.1, 0.15) is 16.1 Å². The highest BCUT2D eigenvalue weighted by molar-refractivity contribution is 7.13. The Morgan fingerprint density at radius 3 is 2.45 bits per heavy atom. The zero-order valence-corrected chi connectivity index (χ0v) is 18.8. The van der Waals surface area contributed by atoms with E-state index in [-0.39, 0.29) is 18.2 Å². The second kappa shape index (κ2) is 10.1. The third-order valence-electron chi connectivity index (χ3n) is 4.80. The van der Waals surface area contributed by atoms with E-state index in [9.17, 15) is 9.18 Å². The number of hydrogen-bond donors (Lipinski definition) is 1. The normalized spacial score (nSPS) is 10.5. The van der Waals surface area contributed by atoms with Crippen molar-refractivity contribution in [1.82, 2.24) is 4.98 Å². The third kappa shape index (κ3) is 5.48. The molecule has 168 valence electrons. The van der Waals surface area contributed by atoms with Gasteiger partial charge in [-0.2, -0.15) is 0 Å². The molecule has 3 aromatic carbocycles. The smallest absolute Gasteiger partial charge is 0.275 e. The minimum absolute atomic E-state index is 0.212. The van der Waals surface area contributed by atoms with E-state index in [1.165, 1.54) is 17.4 Å². The van der Waals surface area contributed by atoms with Crippen LogP contribution in [0.25, 0.3) is 10.6 Å². The van der Waals surface area contributed by atoms with Crippen molar-refractivity contribution in [2.24, 2.45) is 0 Å². The van der Waals surface area contributed by atoms with Crippen LogP contribution in [0, 0.1) is 5.82 Å². The van der Waals surface area contributed by atoms with Crippen LogP contribution in [0.2, 0.25) is 0 Å². The van der Waals surface area contributed by atoms with E-state index in [0.29, 0.717) is 27.8 Å². The van der Waals surface area contributed by atoms with Crippen LogP contribution >= 0.6 is 11.3 Å². The molecule has 33 heavy (non-hydrogen) atoms. The summed E-state index contributed by atoms with van der Waals surface area (Å²) in [5.41, 5.74) is 2.03. The van der Waals surface area contributed by atoms with E-state index in [2.05, 4.69) is 10.3 Å². The van der Waals surface area contributed by atoms with Crippen LogP contribution in [0.4, 0.5) is 10.1 Å². The topological polar surface area (TPSA) is 69.7 Å². The van der Waals surface area contributed by atoms with Gasteiger partial charge >= 0.3 is 0 Å². The number of benzene rings is 3. The van der Waals surface area contributed by atoms with Crippen molar-refractivity contribution in [3.8, 4) is 27.8 Å². The van der Waals surface area contributed by atoms with Gasteiger partial charge in [-0.15, -0.1) is 11.3 Å². The standard InChI is InChI=1S/C25H21FN2O4S/c1-30-18-8-6-17(7-9-18)27-24(29)23-15-33-25(28-23)21-11-10-20(13-22(21)26)32-14-16-4-3-5-19(12-16)31-2/h3-13,15H,14H2,1-2H3,(H,27,29). The fourth-order valence-corrected chi connectivity index (χ4v) is 3.89. The second-order valence-corrected chi connectivity index (χ2v) is 7.86. The summed E-state index contributed by atoms with van der Waals surface area (Å²) < 4.78 is 30.8. The molecule has 8 heteroatoms. The fourth-order valence-electron chi connectivity index (χ4n) is 3.06. The fraction of sp³-hybridized carbons (Fsp3) is 0.120. The average molecular weight is 465 g/mol. The molecular formula is C25H21FN2O4S. The lowest BCUT2D eigenvalue weighted by Crippen LogP contribution is -2.12. The summed E-state index contributed by atoms with van der Waals surface area (Å²) >= 11 is 1.20. The molecule has 0 radical (unpaired) electrons. The van der Waals surface area contributed by atoms with E-state index in [1.807, 2.05) is 24.3 Å². The van der Waals surface area contributed by atoms with Crippen LogP contribution in [0.15, 0.2) is 72.1 Å². The number of hydrogen-bond acceptors (Lipinski definition) is 6. The maximum absolute atomic E-state index is 14.8. The van der Waals surface area contributed by atoms with Gasteiger partial charge in [-0.25, -0.2) is 9.37 Å². The predicted octanol–water partition coefficient (Wildman–Crippen LogP) is 5.80. The van der Waals surface area contributed by atoms with Gasteiger partial charge in [-0.3, -0.25) is 4.79 Å². The number of amides is 1. The molecule has 0 atom stereocenters. The van der Waals surface area contributed by atoms with Crippen molar-refractivity contribution in [2.45, 2.75) is 6.61 Å². The van der Waals surface area contributed by atoms with Crippen molar-refractivity contribution in [2.75, 3.05) is 19.5 Å². The SMILES string of the molecule is COc1ccc(NC(=O)c2csc(-c3ccc(OCc4cccc(OC)c4)cc3F)n2)cc1. The first-order chi connectivity index (χ1) is 16.1. The molecule has 0 aliphatic heterocycles.